The van der Waals surface area contributed by atoms with E-state index in [9.17, 15) is 9.90 Å². The van der Waals surface area contributed by atoms with Crippen molar-refractivity contribution in [1.82, 2.24) is 15.5 Å². The Kier molecular flexibility index (Phi) is 6.47. The number of carbonyl (C=O) groups excluding carboxylic acids is 1. The summed E-state index contributed by atoms with van der Waals surface area (Å²) < 4.78 is 5.28. The number of carbonyl (C=O) groups is 1. The Labute approximate surface area is 149 Å². The second-order valence-corrected chi connectivity index (χ2v) is 7.02. The molecule has 1 aliphatic heterocycles. The summed E-state index contributed by atoms with van der Waals surface area (Å²) in [7, 11) is 0. The third kappa shape index (κ3) is 5.22. The molecule has 1 aliphatic rings. The molecule has 7 heteroatoms. The maximum absolute atomic E-state index is 12.1. The van der Waals surface area contributed by atoms with Gasteiger partial charge in [0.15, 0.2) is 5.96 Å². The molecule has 1 aromatic rings. The van der Waals surface area contributed by atoms with Crippen LogP contribution in [0.1, 0.15) is 39.9 Å². The van der Waals surface area contributed by atoms with Gasteiger partial charge in [-0.3, -0.25) is 4.79 Å². The minimum atomic E-state index is -1.17. The van der Waals surface area contributed by atoms with Crippen LogP contribution in [0.5, 0.6) is 0 Å². The van der Waals surface area contributed by atoms with Crippen molar-refractivity contribution in [2.45, 2.75) is 45.8 Å². The van der Waals surface area contributed by atoms with Gasteiger partial charge in [0.25, 0.3) is 0 Å². The molecule has 2 heterocycles. The average Bonchev–Trinajstić information content (AvgIpc) is 3.24. The van der Waals surface area contributed by atoms with Crippen LogP contribution in [0.2, 0.25) is 0 Å². The zero-order valence-corrected chi connectivity index (χ0v) is 15.6. The number of nitrogens with zero attached hydrogens (tertiary/aromatic N) is 2. The summed E-state index contributed by atoms with van der Waals surface area (Å²) in [4.78, 5) is 18.5. The van der Waals surface area contributed by atoms with Gasteiger partial charge in [-0.15, -0.1) is 0 Å². The third-order valence-corrected chi connectivity index (χ3v) is 4.28. The van der Waals surface area contributed by atoms with Gasteiger partial charge in [0.1, 0.15) is 11.4 Å². The van der Waals surface area contributed by atoms with Gasteiger partial charge in [0.2, 0.25) is 5.91 Å². The quantitative estimate of drug-likeness (QED) is 0.531. The third-order valence-electron chi connectivity index (χ3n) is 4.28. The van der Waals surface area contributed by atoms with Crippen LogP contribution in [0.4, 0.5) is 0 Å². The van der Waals surface area contributed by atoms with E-state index in [1.165, 1.54) is 6.26 Å². The van der Waals surface area contributed by atoms with E-state index in [1.807, 2.05) is 25.7 Å². The van der Waals surface area contributed by atoms with Crippen molar-refractivity contribution in [1.29, 1.82) is 0 Å². The Morgan fingerprint density at radius 1 is 1.56 bits per heavy atom. The monoisotopic (exact) mass is 350 g/mol. The molecular weight excluding hydrogens is 320 g/mol. The highest BCUT2D eigenvalue weighted by atomic mass is 16.4. The minimum absolute atomic E-state index is 0.0176. The summed E-state index contributed by atoms with van der Waals surface area (Å²) in [6.07, 6.45) is 2.42. The number of likely N-dealkylation sites (tertiary alicyclic amines) is 1. The van der Waals surface area contributed by atoms with Gasteiger partial charge < -0.3 is 25.1 Å². The molecule has 3 N–H and O–H groups in total. The van der Waals surface area contributed by atoms with Gasteiger partial charge >= 0.3 is 0 Å². The Morgan fingerprint density at radius 2 is 2.32 bits per heavy atom. The number of furan rings is 1. The van der Waals surface area contributed by atoms with Crippen LogP contribution in [-0.4, -0.2) is 54.1 Å². The van der Waals surface area contributed by atoms with Crippen molar-refractivity contribution in [3.05, 3.63) is 24.2 Å². The molecule has 0 aromatic carbocycles. The first-order valence-corrected chi connectivity index (χ1v) is 8.93. The molecule has 25 heavy (non-hydrogen) atoms. The van der Waals surface area contributed by atoms with Crippen molar-refractivity contribution in [2.24, 2.45) is 10.9 Å². The van der Waals surface area contributed by atoms with Crippen LogP contribution >= 0.6 is 0 Å². The van der Waals surface area contributed by atoms with Crippen LogP contribution in [0.15, 0.2) is 27.8 Å². The maximum atomic E-state index is 12.1. The van der Waals surface area contributed by atoms with Gasteiger partial charge in [-0.1, -0.05) is 13.8 Å². The SMILES string of the molecule is CCNC(=NCC(C)(O)c1ccco1)NC1CCN(C(=O)C(C)C)C1. The molecule has 1 saturated heterocycles. The van der Waals surface area contributed by atoms with E-state index in [0.717, 1.165) is 19.5 Å². The van der Waals surface area contributed by atoms with E-state index >= 15 is 0 Å². The summed E-state index contributed by atoms with van der Waals surface area (Å²) in [6.45, 7) is 9.85. The highest BCUT2D eigenvalue weighted by molar-refractivity contribution is 5.81. The lowest BCUT2D eigenvalue weighted by Crippen LogP contribution is -2.46. The Hall–Kier alpha value is -2.02. The van der Waals surface area contributed by atoms with E-state index in [4.69, 9.17) is 4.42 Å². The number of hydrogen-bond acceptors (Lipinski definition) is 4. The van der Waals surface area contributed by atoms with E-state index in [1.54, 1.807) is 19.1 Å². The molecule has 1 fully saturated rings. The predicted octanol–water partition coefficient (Wildman–Crippen LogP) is 1.30. The molecule has 2 rings (SSSR count). The lowest BCUT2D eigenvalue weighted by atomic mass is 10.0. The Bertz CT molecular complexity index is 581. The zero-order chi connectivity index (χ0) is 18.4. The number of guanidine groups is 1. The predicted molar refractivity (Wildman–Crippen MR) is 97.2 cm³/mol. The van der Waals surface area contributed by atoms with Crippen molar-refractivity contribution in [3.8, 4) is 0 Å². The van der Waals surface area contributed by atoms with Crippen molar-refractivity contribution >= 4 is 11.9 Å². The second kappa shape index (κ2) is 8.38. The van der Waals surface area contributed by atoms with E-state index in [-0.39, 0.29) is 24.4 Å². The van der Waals surface area contributed by atoms with Gasteiger partial charge in [-0.2, -0.15) is 0 Å². The number of aliphatic imine (C=N–C) groups is 1. The summed E-state index contributed by atoms with van der Waals surface area (Å²) in [5, 5.41) is 17.1. The molecule has 0 aliphatic carbocycles. The standard InChI is InChI=1S/C18H30N4O3/c1-5-19-17(20-12-18(4,24)15-7-6-10-25-15)21-14-8-9-22(11-14)16(23)13(2)3/h6-7,10,13-14,24H,5,8-9,11-12H2,1-4H3,(H2,19,20,21). The first kappa shape index (κ1) is 19.3. The number of nitrogens with one attached hydrogen (secondary N) is 2. The lowest BCUT2D eigenvalue weighted by Gasteiger charge is -2.22. The fourth-order valence-electron chi connectivity index (χ4n) is 2.85. The molecule has 1 amide bonds. The van der Waals surface area contributed by atoms with Crippen molar-refractivity contribution in [2.75, 3.05) is 26.2 Å². The highest BCUT2D eigenvalue weighted by Crippen LogP contribution is 2.21. The summed E-state index contributed by atoms with van der Waals surface area (Å²) in [5.41, 5.74) is -1.17. The summed E-state index contributed by atoms with van der Waals surface area (Å²) in [5.74, 6) is 1.33. The smallest absolute Gasteiger partial charge is 0.225 e. The molecule has 2 unspecified atom stereocenters. The van der Waals surface area contributed by atoms with Crippen LogP contribution in [0.25, 0.3) is 0 Å². The fourth-order valence-corrected chi connectivity index (χ4v) is 2.85. The summed E-state index contributed by atoms with van der Waals surface area (Å²) in [6, 6.07) is 3.65. The first-order chi connectivity index (χ1) is 11.8. The van der Waals surface area contributed by atoms with Crippen molar-refractivity contribution in [3.63, 3.8) is 0 Å². The Balaban J connectivity index is 1.96. The van der Waals surface area contributed by atoms with E-state index in [0.29, 0.717) is 18.3 Å². The largest absolute Gasteiger partial charge is 0.466 e. The van der Waals surface area contributed by atoms with Gasteiger partial charge in [-0.05, 0) is 32.4 Å². The molecule has 140 valence electrons. The molecule has 0 saturated carbocycles. The average molecular weight is 350 g/mol. The molecule has 0 spiro atoms. The molecule has 1 aromatic heterocycles. The maximum Gasteiger partial charge on any atom is 0.225 e. The highest BCUT2D eigenvalue weighted by Gasteiger charge is 2.29. The van der Waals surface area contributed by atoms with Crippen LogP contribution in [0, 0.1) is 5.92 Å². The van der Waals surface area contributed by atoms with E-state index < -0.39 is 5.60 Å². The number of amides is 1. The molecule has 0 bridgehead atoms. The Morgan fingerprint density at radius 3 is 2.92 bits per heavy atom. The lowest BCUT2D eigenvalue weighted by molar-refractivity contribution is -0.133. The van der Waals surface area contributed by atoms with Crippen molar-refractivity contribution < 1.29 is 14.3 Å². The van der Waals surface area contributed by atoms with E-state index in [2.05, 4.69) is 15.6 Å². The zero-order valence-electron chi connectivity index (χ0n) is 15.6. The number of hydrogen-bond donors (Lipinski definition) is 3. The molecule has 0 radical (unpaired) electrons. The fraction of sp³-hybridized carbons (Fsp3) is 0.667. The first-order valence-electron chi connectivity index (χ1n) is 8.93. The molecular formula is C18H30N4O3. The minimum Gasteiger partial charge on any atom is -0.466 e. The number of rotatable bonds is 6. The van der Waals surface area contributed by atoms with Gasteiger partial charge in [0, 0.05) is 31.6 Å². The topological polar surface area (TPSA) is 90.1 Å². The number of aliphatic hydroxyl groups is 1. The van der Waals surface area contributed by atoms with Crippen LogP contribution < -0.4 is 10.6 Å². The normalized spacial score (nSPS) is 20.6. The van der Waals surface area contributed by atoms with Gasteiger partial charge in [-0.25, -0.2) is 4.99 Å². The van der Waals surface area contributed by atoms with Gasteiger partial charge in [0.05, 0.1) is 12.8 Å². The van der Waals surface area contributed by atoms with Crippen LogP contribution in [0.3, 0.4) is 0 Å². The molecule has 2 atom stereocenters. The second-order valence-electron chi connectivity index (χ2n) is 7.02. The van der Waals surface area contributed by atoms with Crippen LogP contribution in [-0.2, 0) is 10.4 Å². The summed E-state index contributed by atoms with van der Waals surface area (Å²) >= 11 is 0. The molecule has 7 nitrogen and oxygen atoms in total.